The largest absolute Gasteiger partial charge is 0.324 e. The van der Waals surface area contributed by atoms with Crippen molar-refractivity contribution in [1.82, 2.24) is 0 Å². The molecule has 138 valence electrons. The van der Waals surface area contributed by atoms with Gasteiger partial charge >= 0.3 is 0 Å². The van der Waals surface area contributed by atoms with Crippen LogP contribution in [0.4, 0.5) is 11.4 Å². The smallest absolute Gasteiger partial charge is 0.265 e. The van der Waals surface area contributed by atoms with Crippen LogP contribution in [0.2, 0.25) is 0 Å². The Balaban J connectivity index is 1.73. The first-order valence-electron chi connectivity index (χ1n) is 8.90. The Bertz CT molecular complexity index is 1150. The number of carbonyl (C=O) groups excluding carboxylic acids is 1. The molecule has 27 heavy (non-hydrogen) atoms. The number of benzene rings is 3. The van der Waals surface area contributed by atoms with Crippen LogP contribution in [0.25, 0.3) is 10.8 Å². The minimum absolute atomic E-state index is 0.254. The second kappa shape index (κ2) is 6.39. The van der Waals surface area contributed by atoms with Gasteiger partial charge in [-0.3, -0.25) is 9.10 Å². The summed E-state index contributed by atoms with van der Waals surface area (Å²) < 4.78 is 27.5. The van der Waals surface area contributed by atoms with Crippen LogP contribution in [0.15, 0.2) is 65.6 Å². The number of para-hydroxylation sites is 1. The molecule has 0 bridgehead atoms. The Kier molecular flexibility index (Phi) is 4.15. The van der Waals surface area contributed by atoms with Gasteiger partial charge in [-0.05, 0) is 42.5 Å². The fraction of sp³-hybridized carbons (Fsp3) is 0.190. The zero-order chi connectivity index (χ0) is 19.2. The van der Waals surface area contributed by atoms with Crippen molar-refractivity contribution in [3.63, 3.8) is 0 Å². The molecule has 6 heteroatoms. The number of nitrogens with zero attached hydrogens (tertiary/aromatic N) is 1. The number of anilines is 2. The van der Waals surface area contributed by atoms with E-state index in [9.17, 15) is 13.2 Å². The third kappa shape index (κ3) is 2.68. The summed E-state index contributed by atoms with van der Waals surface area (Å²) in [5.41, 5.74) is 2.27. The van der Waals surface area contributed by atoms with Gasteiger partial charge in [0.25, 0.3) is 10.0 Å². The van der Waals surface area contributed by atoms with Crippen molar-refractivity contribution in [2.24, 2.45) is 0 Å². The van der Waals surface area contributed by atoms with Crippen molar-refractivity contribution < 1.29 is 13.2 Å². The summed E-state index contributed by atoms with van der Waals surface area (Å²) >= 11 is 0. The van der Waals surface area contributed by atoms with Crippen molar-refractivity contribution in [2.45, 2.75) is 31.2 Å². The van der Waals surface area contributed by atoms with Gasteiger partial charge in [0.05, 0.1) is 10.6 Å². The molecule has 3 aromatic carbocycles. The van der Waals surface area contributed by atoms with E-state index in [4.69, 9.17) is 0 Å². The van der Waals surface area contributed by atoms with Crippen molar-refractivity contribution in [2.75, 3.05) is 9.62 Å². The van der Waals surface area contributed by atoms with Crippen LogP contribution in [0, 0.1) is 0 Å². The Hall–Kier alpha value is -2.86. The highest BCUT2D eigenvalue weighted by molar-refractivity contribution is 7.93. The molecular formula is C21H20N2O3S. The van der Waals surface area contributed by atoms with E-state index in [1.54, 1.807) is 25.1 Å². The molecule has 1 aliphatic heterocycles. The van der Waals surface area contributed by atoms with Gasteiger partial charge in [-0.15, -0.1) is 0 Å². The van der Waals surface area contributed by atoms with Gasteiger partial charge in [-0.25, -0.2) is 8.42 Å². The van der Waals surface area contributed by atoms with Gasteiger partial charge in [0.1, 0.15) is 6.04 Å². The van der Waals surface area contributed by atoms with Crippen molar-refractivity contribution in [1.29, 1.82) is 0 Å². The highest BCUT2D eigenvalue weighted by Crippen LogP contribution is 2.43. The van der Waals surface area contributed by atoms with Gasteiger partial charge in [0.15, 0.2) is 0 Å². The lowest BCUT2D eigenvalue weighted by atomic mass is 10.1. The van der Waals surface area contributed by atoms with Gasteiger partial charge in [0.2, 0.25) is 5.91 Å². The van der Waals surface area contributed by atoms with Crippen LogP contribution >= 0.6 is 0 Å². The topological polar surface area (TPSA) is 66.5 Å². The third-order valence-electron chi connectivity index (χ3n) is 5.01. The van der Waals surface area contributed by atoms with Gasteiger partial charge in [-0.2, -0.15) is 0 Å². The molecule has 1 aliphatic rings. The molecular weight excluding hydrogens is 360 g/mol. The number of hydrogen-bond donors (Lipinski definition) is 1. The van der Waals surface area contributed by atoms with Gasteiger partial charge in [0, 0.05) is 11.1 Å². The molecule has 1 amide bonds. The number of nitrogens with one attached hydrogen (secondary N) is 1. The molecule has 0 radical (unpaired) electrons. The van der Waals surface area contributed by atoms with E-state index < -0.39 is 16.1 Å². The normalized spacial score (nSPS) is 15.7. The lowest BCUT2D eigenvalue weighted by Gasteiger charge is -2.25. The molecule has 0 spiro atoms. The zero-order valence-corrected chi connectivity index (χ0v) is 16.0. The van der Waals surface area contributed by atoms with Crippen LogP contribution in [-0.2, 0) is 21.2 Å². The predicted octanol–water partition coefficient (Wildman–Crippen LogP) is 3.94. The minimum Gasteiger partial charge on any atom is -0.324 e. The highest BCUT2D eigenvalue weighted by atomic mass is 32.2. The van der Waals surface area contributed by atoms with Crippen LogP contribution in [-0.4, -0.2) is 20.4 Å². The number of sulfonamides is 1. The van der Waals surface area contributed by atoms with Crippen molar-refractivity contribution >= 4 is 38.1 Å². The predicted molar refractivity (Wildman–Crippen MR) is 108 cm³/mol. The Morgan fingerprint density at radius 3 is 2.48 bits per heavy atom. The van der Waals surface area contributed by atoms with Crippen molar-refractivity contribution in [3.8, 4) is 0 Å². The van der Waals surface area contributed by atoms with E-state index in [0.717, 1.165) is 17.4 Å². The molecule has 1 N–H and O–H groups in total. The van der Waals surface area contributed by atoms with Gasteiger partial charge in [-0.1, -0.05) is 49.4 Å². The first kappa shape index (κ1) is 17.5. The monoisotopic (exact) mass is 380 g/mol. The average molecular weight is 380 g/mol. The Labute approximate surface area is 158 Å². The first-order chi connectivity index (χ1) is 12.9. The molecule has 0 fully saturated rings. The second-order valence-corrected chi connectivity index (χ2v) is 8.39. The summed E-state index contributed by atoms with van der Waals surface area (Å²) in [6.45, 7) is 3.63. The highest BCUT2D eigenvalue weighted by Gasteiger charge is 2.40. The van der Waals surface area contributed by atoms with Crippen LogP contribution in [0.3, 0.4) is 0 Å². The maximum Gasteiger partial charge on any atom is 0.265 e. The van der Waals surface area contributed by atoms with E-state index in [1.165, 1.54) is 4.31 Å². The molecule has 0 aromatic heterocycles. The summed E-state index contributed by atoms with van der Waals surface area (Å²) in [7, 11) is -3.78. The van der Waals surface area contributed by atoms with E-state index in [0.29, 0.717) is 16.8 Å². The standard InChI is InChI=1S/C21H20N2O3S/c1-3-15-8-4-5-11-17(15)22-21(24)14(2)23-18-12-6-9-16-10-7-13-19(20(16)18)27(23,25)26/h4-14H,3H2,1-2H3,(H,22,24)/t14-/m0/s1. The molecule has 1 atom stereocenters. The SMILES string of the molecule is CCc1ccccc1NC(=O)[C@H](C)N1c2cccc3cccc(c23)S1(=O)=O. The maximum absolute atomic E-state index is 13.1. The molecule has 0 unspecified atom stereocenters. The number of amides is 1. The van der Waals surface area contributed by atoms with Crippen molar-refractivity contribution in [3.05, 3.63) is 66.2 Å². The summed E-state index contributed by atoms with van der Waals surface area (Å²) in [4.78, 5) is 13.2. The summed E-state index contributed by atoms with van der Waals surface area (Å²) in [6, 6.07) is 17.3. The zero-order valence-electron chi connectivity index (χ0n) is 15.1. The molecule has 0 saturated carbocycles. The minimum atomic E-state index is -3.78. The van der Waals surface area contributed by atoms with Crippen LogP contribution < -0.4 is 9.62 Å². The Morgan fingerprint density at radius 2 is 1.74 bits per heavy atom. The molecule has 0 saturated heterocycles. The molecule has 4 rings (SSSR count). The van der Waals surface area contributed by atoms with E-state index in [2.05, 4.69) is 5.32 Å². The summed E-state index contributed by atoms with van der Waals surface area (Å²) in [5.74, 6) is -0.357. The lowest BCUT2D eigenvalue weighted by Crippen LogP contribution is -2.44. The average Bonchev–Trinajstić information content (AvgIpc) is 2.90. The van der Waals surface area contributed by atoms with E-state index >= 15 is 0 Å². The first-order valence-corrected chi connectivity index (χ1v) is 10.3. The number of hydrogen-bond acceptors (Lipinski definition) is 3. The maximum atomic E-state index is 13.1. The quantitative estimate of drug-likeness (QED) is 0.746. The second-order valence-electron chi connectivity index (χ2n) is 6.61. The van der Waals surface area contributed by atoms with Gasteiger partial charge < -0.3 is 5.32 Å². The summed E-state index contributed by atoms with van der Waals surface area (Å²) in [5, 5.41) is 4.41. The number of rotatable bonds is 4. The van der Waals surface area contributed by atoms with E-state index in [1.807, 2.05) is 49.4 Å². The number of aryl methyl sites for hydroxylation is 1. The Morgan fingerprint density at radius 1 is 1.04 bits per heavy atom. The molecule has 1 heterocycles. The summed E-state index contributed by atoms with van der Waals surface area (Å²) in [6.07, 6.45) is 0.775. The third-order valence-corrected chi connectivity index (χ3v) is 6.93. The fourth-order valence-electron chi connectivity index (χ4n) is 3.63. The van der Waals surface area contributed by atoms with Crippen LogP contribution in [0.1, 0.15) is 19.4 Å². The molecule has 3 aromatic rings. The molecule has 5 nitrogen and oxygen atoms in total. The van der Waals surface area contributed by atoms with E-state index in [-0.39, 0.29) is 10.8 Å². The number of carbonyl (C=O) groups is 1. The molecule has 0 aliphatic carbocycles. The fourth-order valence-corrected chi connectivity index (χ4v) is 5.50. The van der Waals surface area contributed by atoms with Crippen LogP contribution in [0.5, 0.6) is 0 Å². The lowest BCUT2D eigenvalue weighted by molar-refractivity contribution is -0.116.